The van der Waals surface area contributed by atoms with Crippen molar-refractivity contribution in [1.29, 1.82) is 0 Å². The SMILES string of the molecule is CCS(=O)(=O)N1CCC(C(=O)N2N=C(C)C[C@@]2(O)C(F)F)CC1. The maximum atomic E-state index is 13.1. The molecule has 0 aromatic heterocycles. The molecule has 0 aromatic carbocycles. The van der Waals surface area contributed by atoms with Gasteiger partial charge in [0.15, 0.2) is 0 Å². The van der Waals surface area contributed by atoms with Crippen LogP contribution in [0.2, 0.25) is 0 Å². The summed E-state index contributed by atoms with van der Waals surface area (Å²) in [7, 11) is -3.32. The Morgan fingerprint density at radius 3 is 2.48 bits per heavy atom. The van der Waals surface area contributed by atoms with Crippen LogP contribution in [0.25, 0.3) is 0 Å². The predicted octanol–water partition coefficient (Wildman–Crippen LogP) is 0.610. The summed E-state index contributed by atoms with van der Waals surface area (Å²) in [6.45, 7) is 3.33. The highest BCUT2D eigenvalue weighted by atomic mass is 32.2. The van der Waals surface area contributed by atoms with Crippen LogP contribution in [-0.2, 0) is 14.8 Å². The van der Waals surface area contributed by atoms with Gasteiger partial charge in [0.05, 0.1) is 5.75 Å². The molecular weight excluding hydrogens is 332 g/mol. The van der Waals surface area contributed by atoms with Gasteiger partial charge in [-0.2, -0.15) is 10.1 Å². The molecule has 2 aliphatic rings. The van der Waals surface area contributed by atoms with E-state index in [1.54, 1.807) is 0 Å². The Hall–Kier alpha value is -1.13. The average molecular weight is 353 g/mol. The van der Waals surface area contributed by atoms with Gasteiger partial charge < -0.3 is 5.11 Å². The Labute approximate surface area is 134 Å². The Kier molecular flexibility index (Phi) is 5.07. The molecule has 1 saturated heterocycles. The molecule has 23 heavy (non-hydrogen) atoms. The maximum Gasteiger partial charge on any atom is 0.287 e. The number of hydrogen-bond donors (Lipinski definition) is 1. The second-order valence-electron chi connectivity index (χ2n) is 5.92. The molecule has 2 aliphatic heterocycles. The highest BCUT2D eigenvalue weighted by molar-refractivity contribution is 7.89. The number of nitrogens with zero attached hydrogens (tertiary/aromatic N) is 3. The van der Waals surface area contributed by atoms with Crippen molar-refractivity contribution in [3.8, 4) is 0 Å². The van der Waals surface area contributed by atoms with Crippen LogP contribution in [0.5, 0.6) is 0 Å². The minimum absolute atomic E-state index is 0.0215. The number of amides is 1. The normalized spacial score (nSPS) is 27.6. The first-order valence-corrected chi connectivity index (χ1v) is 9.09. The van der Waals surface area contributed by atoms with Gasteiger partial charge >= 0.3 is 0 Å². The molecule has 1 amide bonds. The van der Waals surface area contributed by atoms with Crippen molar-refractivity contribution in [1.82, 2.24) is 9.31 Å². The van der Waals surface area contributed by atoms with Gasteiger partial charge in [0, 0.05) is 31.1 Å². The summed E-state index contributed by atoms with van der Waals surface area (Å²) < 4.78 is 51.2. The van der Waals surface area contributed by atoms with E-state index in [-0.39, 0.29) is 43.8 Å². The minimum atomic E-state index is -3.32. The van der Waals surface area contributed by atoms with E-state index in [0.29, 0.717) is 5.01 Å². The van der Waals surface area contributed by atoms with Gasteiger partial charge in [-0.3, -0.25) is 4.79 Å². The van der Waals surface area contributed by atoms with E-state index in [4.69, 9.17) is 0 Å². The second-order valence-corrected chi connectivity index (χ2v) is 8.17. The molecular formula is C13H21F2N3O4S. The first kappa shape index (κ1) is 18.2. The lowest BCUT2D eigenvalue weighted by molar-refractivity contribution is -0.195. The summed E-state index contributed by atoms with van der Waals surface area (Å²) in [6, 6.07) is 0. The predicted molar refractivity (Wildman–Crippen MR) is 79.3 cm³/mol. The fraction of sp³-hybridized carbons (Fsp3) is 0.846. The van der Waals surface area contributed by atoms with Crippen molar-refractivity contribution in [2.75, 3.05) is 18.8 Å². The van der Waals surface area contributed by atoms with Gasteiger partial charge in [0.25, 0.3) is 6.43 Å². The molecule has 0 bridgehead atoms. The lowest BCUT2D eigenvalue weighted by Crippen LogP contribution is -2.54. The van der Waals surface area contributed by atoms with Gasteiger partial charge in [0.2, 0.25) is 21.7 Å². The lowest BCUT2D eigenvalue weighted by Gasteiger charge is -2.35. The van der Waals surface area contributed by atoms with Crippen molar-refractivity contribution in [2.45, 2.75) is 45.3 Å². The van der Waals surface area contributed by atoms with Crippen molar-refractivity contribution in [2.24, 2.45) is 11.0 Å². The second kappa shape index (κ2) is 6.40. The lowest BCUT2D eigenvalue weighted by atomic mass is 9.96. The number of rotatable bonds is 4. The van der Waals surface area contributed by atoms with Crippen LogP contribution in [0.1, 0.15) is 33.1 Å². The summed E-state index contributed by atoms with van der Waals surface area (Å²) in [6.07, 6.45) is -3.07. The number of piperidine rings is 1. The summed E-state index contributed by atoms with van der Waals surface area (Å²) in [5, 5.41) is 14.3. The van der Waals surface area contributed by atoms with E-state index >= 15 is 0 Å². The van der Waals surface area contributed by atoms with E-state index in [0.717, 1.165) is 0 Å². The Morgan fingerprint density at radius 1 is 1.43 bits per heavy atom. The molecule has 0 radical (unpaired) electrons. The molecule has 132 valence electrons. The molecule has 7 nitrogen and oxygen atoms in total. The molecule has 0 aromatic rings. The summed E-state index contributed by atoms with van der Waals surface area (Å²) in [5.74, 6) is -1.33. The van der Waals surface area contributed by atoms with Crippen LogP contribution in [0.3, 0.4) is 0 Å². The number of carbonyl (C=O) groups is 1. The number of hydrazone groups is 1. The van der Waals surface area contributed by atoms with Crippen LogP contribution < -0.4 is 0 Å². The van der Waals surface area contributed by atoms with Crippen LogP contribution in [-0.4, -0.2) is 65.5 Å². The van der Waals surface area contributed by atoms with Gasteiger partial charge in [0.1, 0.15) is 0 Å². The Balaban J connectivity index is 2.08. The van der Waals surface area contributed by atoms with E-state index in [9.17, 15) is 27.1 Å². The fourth-order valence-electron chi connectivity index (χ4n) is 2.89. The monoisotopic (exact) mass is 353 g/mol. The number of carbonyl (C=O) groups excluding carboxylic acids is 1. The molecule has 0 aliphatic carbocycles. The van der Waals surface area contributed by atoms with Gasteiger partial charge in [-0.1, -0.05) is 0 Å². The molecule has 0 unspecified atom stereocenters. The van der Waals surface area contributed by atoms with E-state index in [1.165, 1.54) is 18.2 Å². The third kappa shape index (κ3) is 3.38. The maximum absolute atomic E-state index is 13.1. The third-order valence-corrected chi connectivity index (χ3v) is 6.15. The van der Waals surface area contributed by atoms with Crippen LogP contribution >= 0.6 is 0 Å². The molecule has 1 N–H and O–H groups in total. The molecule has 1 atom stereocenters. The quantitative estimate of drug-likeness (QED) is 0.802. The standard InChI is InChI=1S/C13H21F2N3O4S/c1-3-23(21,22)17-6-4-10(5-7-17)11(19)18-13(20,12(14)15)8-9(2)16-18/h10,12,20H,3-8H2,1-2H3/t13-/m1/s1. The molecule has 1 fully saturated rings. The summed E-state index contributed by atoms with van der Waals surface area (Å²) in [4.78, 5) is 12.4. The van der Waals surface area contributed by atoms with Crippen LogP contribution in [0.4, 0.5) is 8.78 Å². The number of halogens is 2. The Bertz CT molecular complexity index is 602. The average Bonchev–Trinajstić information content (AvgIpc) is 2.83. The number of sulfonamides is 1. The van der Waals surface area contributed by atoms with Crippen molar-refractivity contribution in [3.63, 3.8) is 0 Å². The number of aliphatic hydroxyl groups is 1. The Morgan fingerprint density at radius 2 is 2.00 bits per heavy atom. The van der Waals surface area contributed by atoms with E-state index in [1.807, 2.05) is 0 Å². The van der Waals surface area contributed by atoms with Gasteiger partial charge in [-0.05, 0) is 26.7 Å². The third-order valence-electron chi connectivity index (χ3n) is 4.27. The van der Waals surface area contributed by atoms with Crippen molar-refractivity contribution < 1.29 is 27.1 Å². The zero-order valence-electron chi connectivity index (χ0n) is 13.1. The van der Waals surface area contributed by atoms with Crippen LogP contribution in [0, 0.1) is 5.92 Å². The number of alkyl halides is 2. The fourth-order valence-corrected chi connectivity index (χ4v) is 4.02. The first-order valence-electron chi connectivity index (χ1n) is 7.48. The highest BCUT2D eigenvalue weighted by Crippen LogP contribution is 2.34. The van der Waals surface area contributed by atoms with Crippen molar-refractivity contribution >= 4 is 21.6 Å². The smallest absolute Gasteiger partial charge is 0.287 e. The summed E-state index contributed by atoms with van der Waals surface area (Å²) in [5.41, 5.74) is -2.35. The zero-order valence-corrected chi connectivity index (χ0v) is 13.9. The largest absolute Gasteiger partial charge is 0.364 e. The van der Waals surface area contributed by atoms with Crippen molar-refractivity contribution in [3.05, 3.63) is 0 Å². The highest BCUT2D eigenvalue weighted by Gasteiger charge is 2.52. The van der Waals surface area contributed by atoms with Gasteiger partial charge in [-0.15, -0.1) is 0 Å². The topological polar surface area (TPSA) is 90.3 Å². The first-order chi connectivity index (χ1) is 10.6. The van der Waals surface area contributed by atoms with Crippen LogP contribution in [0.15, 0.2) is 5.10 Å². The molecule has 2 heterocycles. The molecule has 0 saturated carbocycles. The summed E-state index contributed by atoms with van der Waals surface area (Å²) >= 11 is 0. The molecule has 10 heteroatoms. The number of hydrogen-bond acceptors (Lipinski definition) is 5. The minimum Gasteiger partial charge on any atom is -0.364 e. The van der Waals surface area contributed by atoms with E-state index in [2.05, 4.69) is 5.10 Å². The molecule has 2 rings (SSSR count). The zero-order chi connectivity index (χ0) is 17.4. The molecule has 0 spiro atoms. The van der Waals surface area contributed by atoms with Gasteiger partial charge in [-0.25, -0.2) is 21.5 Å². The van der Waals surface area contributed by atoms with E-state index < -0.39 is 34.0 Å².